The van der Waals surface area contributed by atoms with Crippen molar-refractivity contribution in [2.75, 3.05) is 10.6 Å². The van der Waals surface area contributed by atoms with Crippen molar-refractivity contribution in [3.05, 3.63) is 59.9 Å². The van der Waals surface area contributed by atoms with Gasteiger partial charge in [-0.05, 0) is 56.2 Å². The predicted molar refractivity (Wildman–Crippen MR) is 116 cm³/mol. The second kappa shape index (κ2) is 8.91. The normalized spacial score (nSPS) is 11.7. The highest BCUT2D eigenvalue weighted by Crippen LogP contribution is 2.26. The third kappa shape index (κ3) is 5.23. The first-order valence-corrected chi connectivity index (χ1v) is 10.0. The van der Waals surface area contributed by atoms with E-state index in [1.54, 1.807) is 10.9 Å². The molecule has 2 N–H and O–H groups in total. The third-order valence-corrected chi connectivity index (χ3v) is 5.32. The number of hydrogen-bond acceptors (Lipinski definition) is 5. The van der Waals surface area contributed by atoms with Crippen molar-refractivity contribution in [1.29, 1.82) is 0 Å². The molecule has 3 rings (SSSR count). The quantitative estimate of drug-likeness (QED) is 0.602. The molecule has 3 aromatic rings. The minimum absolute atomic E-state index is 0.106. The molecule has 0 aliphatic carbocycles. The van der Waals surface area contributed by atoms with E-state index in [1.807, 2.05) is 63.2 Å². The summed E-state index contributed by atoms with van der Waals surface area (Å²) in [6, 6.07) is 13.3. The molecule has 1 aromatic heterocycles. The van der Waals surface area contributed by atoms with E-state index in [0.29, 0.717) is 10.8 Å². The molecular formula is C21H23N5O2S. The number of rotatable bonds is 6. The molecule has 7 nitrogen and oxygen atoms in total. The van der Waals surface area contributed by atoms with Crippen LogP contribution in [-0.4, -0.2) is 31.8 Å². The Balaban J connectivity index is 1.75. The van der Waals surface area contributed by atoms with E-state index in [4.69, 9.17) is 0 Å². The zero-order chi connectivity index (χ0) is 21.0. The van der Waals surface area contributed by atoms with Gasteiger partial charge in [-0.15, -0.1) is 10.2 Å². The number of nitrogens with one attached hydrogen (secondary N) is 2. The van der Waals surface area contributed by atoms with Gasteiger partial charge in [0.05, 0.1) is 10.9 Å². The molecule has 0 unspecified atom stereocenters. The summed E-state index contributed by atoms with van der Waals surface area (Å²) in [5.41, 5.74) is 4.39. The Hall–Kier alpha value is -3.13. The van der Waals surface area contributed by atoms with Crippen LogP contribution in [-0.2, 0) is 9.59 Å². The molecule has 0 saturated heterocycles. The summed E-state index contributed by atoms with van der Waals surface area (Å²) in [7, 11) is 0. The van der Waals surface area contributed by atoms with Crippen LogP contribution in [0, 0.1) is 13.8 Å². The Kier molecular flexibility index (Phi) is 6.33. The van der Waals surface area contributed by atoms with Gasteiger partial charge in [-0.3, -0.25) is 14.2 Å². The number of hydrogen-bond donors (Lipinski definition) is 2. The fourth-order valence-electron chi connectivity index (χ4n) is 2.74. The van der Waals surface area contributed by atoms with Crippen molar-refractivity contribution in [3.8, 4) is 5.69 Å². The average molecular weight is 410 g/mol. The molecule has 0 spiro atoms. The minimum atomic E-state index is -0.378. The van der Waals surface area contributed by atoms with E-state index >= 15 is 0 Å². The van der Waals surface area contributed by atoms with Gasteiger partial charge in [0.2, 0.25) is 11.8 Å². The molecule has 150 valence electrons. The lowest BCUT2D eigenvalue weighted by atomic mass is 10.1. The van der Waals surface area contributed by atoms with E-state index in [1.165, 1.54) is 18.7 Å². The predicted octanol–water partition coefficient (Wildman–Crippen LogP) is 3.96. The van der Waals surface area contributed by atoms with Crippen LogP contribution < -0.4 is 10.6 Å². The Morgan fingerprint density at radius 2 is 1.90 bits per heavy atom. The third-order valence-electron chi connectivity index (χ3n) is 4.26. The number of benzene rings is 2. The number of aromatic nitrogens is 3. The Morgan fingerprint density at radius 1 is 1.10 bits per heavy atom. The van der Waals surface area contributed by atoms with Crippen molar-refractivity contribution < 1.29 is 9.59 Å². The Bertz CT molecular complexity index is 1050. The fraction of sp³-hybridized carbons (Fsp3) is 0.238. The molecule has 0 aliphatic heterocycles. The van der Waals surface area contributed by atoms with Crippen LogP contribution >= 0.6 is 11.8 Å². The van der Waals surface area contributed by atoms with Crippen molar-refractivity contribution in [2.45, 2.75) is 38.1 Å². The number of carbonyl (C=O) groups excluding carboxylic acids is 2. The molecule has 0 saturated carbocycles. The summed E-state index contributed by atoms with van der Waals surface area (Å²) >= 11 is 1.32. The number of aryl methyl sites for hydroxylation is 2. The smallest absolute Gasteiger partial charge is 0.237 e. The first-order valence-electron chi connectivity index (χ1n) is 9.16. The van der Waals surface area contributed by atoms with E-state index < -0.39 is 0 Å². The number of amides is 2. The molecule has 8 heteroatoms. The number of anilines is 2. The molecule has 2 amide bonds. The highest BCUT2D eigenvalue weighted by atomic mass is 32.2. The van der Waals surface area contributed by atoms with Crippen molar-refractivity contribution in [2.24, 2.45) is 0 Å². The fourth-order valence-corrected chi connectivity index (χ4v) is 3.58. The summed E-state index contributed by atoms with van der Waals surface area (Å²) in [4.78, 5) is 24.0. The van der Waals surface area contributed by atoms with Crippen molar-refractivity contribution in [3.63, 3.8) is 0 Å². The summed E-state index contributed by atoms with van der Waals surface area (Å²) in [6.07, 6.45) is 1.59. The first-order chi connectivity index (χ1) is 13.8. The second-order valence-corrected chi connectivity index (χ2v) is 8.09. The molecular weight excluding hydrogens is 386 g/mol. The zero-order valence-electron chi connectivity index (χ0n) is 16.8. The molecule has 0 fully saturated rings. The van der Waals surface area contributed by atoms with Gasteiger partial charge in [-0.25, -0.2) is 0 Å². The van der Waals surface area contributed by atoms with Gasteiger partial charge in [0.1, 0.15) is 6.33 Å². The number of nitrogens with zero attached hydrogens (tertiary/aromatic N) is 3. The number of carbonyl (C=O) groups is 2. The monoisotopic (exact) mass is 409 g/mol. The highest BCUT2D eigenvalue weighted by molar-refractivity contribution is 8.00. The van der Waals surface area contributed by atoms with Crippen molar-refractivity contribution >= 4 is 35.0 Å². The average Bonchev–Trinajstić information content (AvgIpc) is 3.12. The van der Waals surface area contributed by atoms with Gasteiger partial charge < -0.3 is 10.6 Å². The van der Waals surface area contributed by atoms with Gasteiger partial charge in [0, 0.05) is 18.3 Å². The molecule has 2 aromatic carbocycles. The van der Waals surface area contributed by atoms with Crippen LogP contribution in [0.25, 0.3) is 5.69 Å². The lowest BCUT2D eigenvalue weighted by molar-refractivity contribution is -0.115. The van der Waals surface area contributed by atoms with E-state index in [-0.39, 0.29) is 17.1 Å². The largest absolute Gasteiger partial charge is 0.326 e. The molecule has 0 radical (unpaired) electrons. The Labute approximate surface area is 173 Å². The van der Waals surface area contributed by atoms with Crippen LogP contribution in [0.3, 0.4) is 0 Å². The molecule has 0 aliphatic rings. The highest BCUT2D eigenvalue weighted by Gasteiger charge is 2.19. The minimum Gasteiger partial charge on any atom is -0.326 e. The van der Waals surface area contributed by atoms with Crippen LogP contribution in [0.5, 0.6) is 0 Å². The summed E-state index contributed by atoms with van der Waals surface area (Å²) in [5.74, 6) is -0.248. The van der Waals surface area contributed by atoms with Gasteiger partial charge in [0.25, 0.3) is 0 Å². The van der Waals surface area contributed by atoms with Crippen LogP contribution in [0.2, 0.25) is 0 Å². The van der Waals surface area contributed by atoms with Crippen LogP contribution in [0.15, 0.2) is 53.9 Å². The van der Waals surface area contributed by atoms with E-state index in [9.17, 15) is 9.59 Å². The van der Waals surface area contributed by atoms with E-state index in [2.05, 4.69) is 20.8 Å². The Morgan fingerprint density at radius 3 is 2.66 bits per heavy atom. The summed E-state index contributed by atoms with van der Waals surface area (Å²) in [6.45, 7) is 7.25. The van der Waals surface area contributed by atoms with Crippen LogP contribution in [0.4, 0.5) is 11.4 Å². The van der Waals surface area contributed by atoms with Gasteiger partial charge >= 0.3 is 0 Å². The molecule has 0 bridgehead atoms. The second-order valence-electron chi connectivity index (χ2n) is 6.78. The lowest BCUT2D eigenvalue weighted by Crippen LogP contribution is -2.23. The van der Waals surface area contributed by atoms with Crippen LogP contribution in [0.1, 0.15) is 25.0 Å². The maximum atomic E-state index is 12.7. The zero-order valence-corrected chi connectivity index (χ0v) is 17.6. The van der Waals surface area contributed by atoms with Gasteiger partial charge in [0.15, 0.2) is 5.16 Å². The SMILES string of the molecule is CC(=O)Nc1cccc(-n2cnnc2S[C@@H](C)C(=O)Nc2cc(C)ccc2C)c1. The van der Waals surface area contributed by atoms with Gasteiger partial charge in [-0.2, -0.15) is 0 Å². The topological polar surface area (TPSA) is 88.9 Å². The molecule has 1 atom stereocenters. The maximum Gasteiger partial charge on any atom is 0.237 e. The number of thioether (sulfide) groups is 1. The van der Waals surface area contributed by atoms with E-state index in [0.717, 1.165) is 22.5 Å². The summed E-state index contributed by atoms with van der Waals surface area (Å²) < 4.78 is 1.79. The van der Waals surface area contributed by atoms with Crippen molar-refractivity contribution in [1.82, 2.24) is 14.8 Å². The molecule has 1 heterocycles. The maximum absolute atomic E-state index is 12.7. The standard InChI is InChI=1S/C21H23N5O2S/c1-13-8-9-14(2)19(10-13)24-20(28)15(3)29-21-25-22-12-26(21)18-7-5-6-17(11-18)23-16(4)27/h5-12,15H,1-4H3,(H,23,27)(H,24,28)/t15-/m0/s1. The van der Waals surface area contributed by atoms with Gasteiger partial charge in [-0.1, -0.05) is 30.0 Å². The summed E-state index contributed by atoms with van der Waals surface area (Å²) in [5, 5.41) is 14.1. The first kappa shape index (κ1) is 20.6. The molecule has 29 heavy (non-hydrogen) atoms. The lowest BCUT2D eigenvalue weighted by Gasteiger charge is -2.14.